The largest absolute Gasteiger partial charge is 0.328 e. The first kappa shape index (κ1) is 12.9. The number of hydrogen-bond donors (Lipinski definition) is 2. The summed E-state index contributed by atoms with van der Waals surface area (Å²) in [4.78, 5) is 25.8. The van der Waals surface area contributed by atoms with Gasteiger partial charge in [0, 0.05) is 18.0 Å². The van der Waals surface area contributed by atoms with E-state index >= 15 is 0 Å². The second kappa shape index (κ2) is 5.01. The molecule has 0 fully saturated rings. The zero-order valence-electron chi connectivity index (χ0n) is 9.96. The van der Waals surface area contributed by atoms with Crippen LogP contribution in [0.15, 0.2) is 35.3 Å². The van der Waals surface area contributed by atoms with Crippen LogP contribution in [0.1, 0.15) is 15.9 Å². The normalized spacial score (nSPS) is 10.3. The van der Waals surface area contributed by atoms with E-state index in [4.69, 9.17) is 0 Å². The van der Waals surface area contributed by atoms with Gasteiger partial charge in [-0.25, -0.2) is 8.78 Å². The van der Waals surface area contributed by atoms with E-state index in [9.17, 15) is 18.4 Å². The number of amides is 1. The molecule has 0 saturated carbocycles. The third-order valence-electron chi connectivity index (χ3n) is 2.57. The van der Waals surface area contributed by atoms with Crippen LogP contribution in [0.5, 0.6) is 0 Å². The second-order valence-electron chi connectivity index (χ2n) is 3.95. The van der Waals surface area contributed by atoms with Gasteiger partial charge in [-0.3, -0.25) is 9.59 Å². The summed E-state index contributed by atoms with van der Waals surface area (Å²) >= 11 is 0. The van der Waals surface area contributed by atoms with Crippen LogP contribution in [-0.2, 0) is 0 Å². The highest BCUT2D eigenvalue weighted by Gasteiger charge is 2.14. The number of aromatic nitrogens is 1. The fraction of sp³-hybridized carbons (Fsp3) is 0.0769. The van der Waals surface area contributed by atoms with Crippen molar-refractivity contribution in [2.45, 2.75) is 6.92 Å². The number of aromatic amines is 1. The summed E-state index contributed by atoms with van der Waals surface area (Å²) in [5.41, 5.74) is -0.0392. The molecule has 1 aromatic heterocycles. The summed E-state index contributed by atoms with van der Waals surface area (Å²) in [5.74, 6) is -2.76. The molecule has 2 N–H and O–H groups in total. The summed E-state index contributed by atoms with van der Waals surface area (Å²) in [6.45, 7) is 1.61. The summed E-state index contributed by atoms with van der Waals surface area (Å²) in [5, 5.41) is 2.34. The summed E-state index contributed by atoms with van der Waals surface area (Å²) < 4.78 is 25.7. The Hall–Kier alpha value is -2.50. The number of anilines is 1. The van der Waals surface area contributed by atoms with Crippen molar-refractivity contribution in [3.05, 3.63) is 63.6 Å². The number of benzene rings is 1. The van der Waals surface area contributed by atoms with Gasteiger partial charge >= 0.3 is 0 Å². The molecule has 0 aliphatic heterocycles. The SMILES string of the molecule is Cc1cc[nH]c(=O)c1C(=O)Nc1ccc(F)c(F)c1. The van der Waals surface area contributed by atoms with Gasteiger partial charge in [-0.05, 0) is 30.7 Å². The zero-order chi connectivity index (χ0) is 14.0. The molecule has 0 saturated heterocycles. The van der Waals surface area contributed by atoms with Crippen LogP contribution in [0.3, 0.4) is 0 Å². The molecule has 0 bridgehead atoms. The molecule has 1 heterocycles. The Bertz CT molecular complexity index is 695. The summed E-state index contributed by atoms with van der Waals surface area (Å²) in [6.07, 6.45) is 1.42. The van der Waals surface area contributed by atoms with Crippen molar-refractivity contribution in [2.75, 3.05) is 5.32 Å². The summed E-state index contributed by atoms with van der Waals surface area (Å²) in [7, 11) is 0. The second-order valence-corrected chi connectivity index (χ2v) is 3.95. The van der Waals surface area contributed by atoms with Gasteiger partial charge in [0.15, 0.2) is 11.6 Å². The molecule has 1 aromatic carbocycles. The third kappa shape index (κ3) is 2.67. The average Bonchev–Trinajstić information content (AvgIpc) is 2.33. The van der Waals surface area contributed by atoms with Crippen LogP contribution in [0.25, 0.3) is 0 Å². The van der Waals surface area contributed by atoms with E-state index in [0.29, 0.717) is 5.56 Å². The van der Waals surface area contributed by atoms with Crippen LogP contribution >= 0.6 is 0 Å². The maximum absolute atomic E-state index is 13.0. The topological polar surface area (TPSA) is 62.0 Å². The van der Waals surface area contributed by atoms with Crippen LogP contribution in [-0.4, -0.2) is 10.9 Å². The van der Waals surface area contributed by atoms with Crippen LogP contribution in [0, 0.1) is 18.6 Å². The molecule has 2 aromatic rings. The number of pyridine rings is 1. The predicted octanol–water partition coefficient (Wildman–Crippen LogP) is 2.21. The number of hydrogen-bond acceptors (Lipinski definition) is 2. The van der Waals surface area contributed by atoms with Crippen molar-refractivity contribution in [1.29, 1.82) is 0 Å². The number of aryl methyl sites for hydroxylation is 1. The lowest BCUT2D eigenvalue weighted by atomic mass is 10.1. The molecule has 19 heavy (non-hydrogen) atoms. The molecule has 0 aliphatic rings. The number of halogens is 2. The van der Waals surface area contributed by atoms with Gasteiger partial charge in [0.2, 0.25) is 0 Å². The highest BCUT2D eigenvalue weighted by molar-refractivity contribution is 6.04. The van der Waals surface area contributed by atoms with Crippen LogP contribution in [0.2, 0.25) is 0 Å². The molecule has 0 aliphatic carbocycles. The average molecular weight is 264 g/mol. The molecule has 0 radical (unpaired) electrons. The monoisotopic (exact) mass is 264 g/mol. The Morgan fingerprint density at radius 3 is 2.58 bits per heavy atom. The van der Waals surface area contributed by atoms with Gasteiger partial charge in [-0.1, -0.05) is 0 Å². The van der Waals surface area contributed by atoms with Crippen molar-refractivity contribution in [3.63, 3.8) is 0 Å². The smallest absolute Gasteiger partial charge is 0.261 e. The zero-order valence-corrected chi connectivity index (χ0v) is 9.96. The Kier molecular flexibility index (Phi) is 3.41. The molecule has 1 amide bonds. The first-order valence-corrected chi connectivity index (χ1v) is 5.43. The minimum Gasteiger partial charge on any atom is -0.328 e. The van der Waals surface area contributed by atoms with E-state index < -0.39 is 23.1 Å². The van der Waals surface area contributed by atoms with Gasteiger partial charge in [-0.15, -0.1) is 0 Å². The number of H-pyrrole nitrogens is 1. The molecule has 2 rings (SSSR count). The molecular formula is C13H10F2N2O2. The van der Waals surface area contributed by atoms with Crippen molar-refractivity contribution < 1.29 is 13.6 Å². The minimum absolute atomic E-state index is 0.0627. The number of carbonyl (C=O) groups excluding carboxylic acids is 1. The number of nitrogens with one attached hydrogen (secondary N) is 2. The van der Waals surface area contributed by atoms with Gasteiger partial charge in [0.1, 0.15) is 5.56 Å². The van der Waals surface area contributed by atoms with Crippen molar-refractivity contribution in [1.82, 2.24) is 4.98 Å². The van der Waals surface area contributed by atoms with E-state index in [1.165, 1.54) is 12.3 Å². The quantitative estimate of drug-likeness (QED) is 0.873. The number of carbonyl (C=O) groups is 1. The Morgan fingerprint density at radius 2 is 1.95 bits per heavy atom. The van der Waals surface area contributed by atoms with E-state index in [1.54, 1.807) is 13.0 Å². The Morgan fingerprint density at radius 1 is 1.21 bits per heavy atom. The first-order chi connectivity index (χ1) is 8.99. The molecule has 4 nitrogen and oxygen atoms in total. The lowest BCUT2D eigenvalue weighted by molar-refractivity contribution is 0.102. The minimum atomic E-state index is -1.07. The maximum Gasteiger partial charge on any atom is 0.261 e. The van der Waals surface area contributed by atoms with Crippen LogP contribution in [0.4, 0.5) is 14.5 Å². The summed E-state index contributed by atoms with van der Waals surface area (Å²) in [6, 6.07) is 4.52. The fourth-order valence-corrected chi connectivity index (χ4v) is 1.63. The van der Waals surface area contributed by atoms with E-state index in [0.717, 1.165) is 12.1 Å². The molecule has 98 valence electrons. The fourth-order valence-electron chi connectivity index (χ4n) is 1.63. The third-order valence-corrected chi connectivity index (χ3v) is 2.57. The molecule has 6 heteroatoms. The van der Waals surface area contributed by atoms with Crippen molar-refractivity contribution >= 4 is 11.6 Å². The van der Waals surface area contributed by atoms with Crippen molar-refractivity contribution in [3.8, 4) is 0 Å². The first-order valence-electron chi connectivity index (χ1n) is 5.43. The maximum atomic E-state index is 13.0. The van der Waals surface area contributed by atoms with Crippen molar-refractivity contribution in [2.24, 2.45) is 0 Å². The van der Waals surface area contributed by atoms with Crippen LogP contribution < -0.4 is 10.9 Å². The molecule has 0 unspecified atom stereocenters. The van der Waals surface area contributed by atoms with E-state index in [1.807, 2.05) is 0 Å². The standard InChI is InChI=1S/C13H10F2N2O2/c1-7-4-5-16-12(18)11(7)13(19)17-8-2-3-9(14)10(15)6-8/h2-6H,1H3,(H,16,18)(H,17,19). The van der Waals surface area contributed by atoms with Gasteiger partial charge in [0.05, 0.1) is 0 Å². The lowest BCUT2D eigenvalue weighted by Gasteiger charge is -2.06. The molecular weight excluding hydrogens is 254 g/mol. The predicted molar refractivity (Wildman–Crippen MR) is 66.1 cm³/mol. The Balaban J connectivity index is 2.31. The van der Waals surface area contributed by atoms with Gasteiger partial charge < -0.3 is 10.3 Å². The highest BCUT2D eigenvalue weighted by atomic mass is 19.2. The Labute approximate surface area is 107 Å². The molecule has 0 atom stereocenters. The highest BCUT2D eigenvalue weighted by Crippen LogP contribution is 2.14. The van der Waals surface area contributed by atoms with Gasteiger partial charge in [-0.2, -0.15) is 0 Å². The number of rotatable bonds is 2. The van der Waals surface area contributed by atoms with E-state index in [2.05, 4.69) is 10.3 Å². The van der Waals surface area contributed by atoms with E-state index in [-0.39, 0.29) is 11.3 Å². The lowest BCUT2D eigenvalue weighted by Crippen LogP contribution is -2.24. The van der Waals surface area contributed by atoms with Gasteiger partial charge in [0.25, 0.3) is 11.5 Å². The molecule has 0 spiro atoms.